The lowest BCUT2D eigenvalue weighted by atomic mass is 10.0. The molecule has 0 amide bonds. The zero-order chi connectivity index (χ0) is 13.9. The molecular weight excluding hydrogens is 262 g/mol. The number of nitrogens with two attached hydrogens (primary N) is 1. The van der Waals surface area contributed by atoms with Gasteiger partial charge < -0.3 is 16.3 Å². The Morgan fingerprint density at radius 3 is 2.79 bits per heavy atom. The quantitative estimate of drug-likeness (QED) is 0.325. The number of hydrogen-bond acceptors (Lipinski definition) is 3. The Morgan fingerprint density at radius 1 is 1.53 bits per heavy atom. The van der Waals surface area contributed by atoms with Gasteiger partial charge in [-0.25, -0.2) is 0 Å². The fourth-order valence-corrected chi connectivity index (χ4v) is 2.45. The van der Waals surface area contributed by atoms with Gasteiger partial charge in [0.2, 0.25) is 0 Å². The van der Waals surface area contributed by atoms with Crippen LogP contribution < -0.4 is 11.1 Å². The smallest absolute Gasteiger partial charge is 0.170 e. The van der Waals surface area contributed by atoms with Crippen molar-refractivity contribution in [3.05, 3.63) is 34.3 Å². The molecule has 0 radical (unpaired) electrons. The number of benzene rings is 1. The van der Waals surface area contributed by atoms with Gasteiger partial charge in [0.05, 0.1) is 0 Å². The van der Waals surface area contributed by atoms with E-state index in [1.807, 2.05) is 12.1 Å². The molecular formula is C14H20ClN3O. The predicted molar refractivity (Wildman–Crippen MR) is 77.6 cm³/mol. The third-order valence-corrected chi connectivity index (χ3v) is 4.33. The van der Waals surface area contributed by atoms with Crippen LogP contribution in [0.25, 0.3) is 0 Å². The number of rotatable bonds is 6. The van der Waals surface area contributed by atoms with Crippen molar-refractivity contribution in [1.29, 1.82) is 0 Å². The summed E-state index contributed by atoms with van der Waals surface area (Å²) in [5, 5.41) is 15.7. The number of oxime groups is 1. The lowest BCUT2D eigenvalue weighted by Crippen LogP contribution is -2.23. The molecule has 1 aliphatic carbocycles. The third-order valence-electron chi connectivity index (χ3n) is 3.98. The summed E-state index contributed by atoms with van der Waals surface area (Å²) in [5.41, 5.74) is 7.71. The minimum Gasteiger partial charge on any atom is -0.409 e. The maximum absolute atomic E-state index is 8.62. The van der Waals surface area contributed by atoms with Crippen molar-refractivity contribution in [1.82, 2.24) is 5.32 Å². The molecule has 0 saturated heterocycles. The minimum atomic E-state index is 0.0734. The van der Waals surface area contributed by atoms with Gasteiger partial charge in [-0.3, -0.25) is 0 Å². The lowest BCUT2D eigenvalue weighted by Gasteiger charge is -2.14. The van der Waals surface area contributed by atoms with Crippen LogP contribution in [0, 0.1) is 5.41 Å². The predicted octanol–water partition coefficient (Wildman–Crippen LogP) is 2.71. The van der Waals surface area contributed by atoms with E-state index in [1.54, 1.807) is 6.07 Å². The number of nitrogens with one attached hydrogen (secondary N) is 1. The fourth-order valence-electron chi connectivity index (χ4n) is 2.20. The summed E-state index contributed by atoms with van der Waals surface area (Å²) in [7, 11) is 0. The second kappa shape index (κ2) is 5.80. The van der Waals surface area contributed by atoms with E-state index < -0.39 is 0 Å². The van der Waals surface area contributed by atoms with E-state index in [2.05, 4.69) is 17.4 Å². The van der Waals surface area contributed by atoms with Crippen LogP contribution in [0.5, 0.6) is 0 Å². The van der Waals surface area contributed by atoms with Gasteiger partial charge in [0, 0.05) is 23.7 Å². The highest BCUT2D eigenvalue weighted by Crippen LogP contribution is 2.47. The molecule has 1 fully saturated rings. The molecule has 0 aromatic heterocycles. The van der Waals surface area contributed by atoms with Crippen LogP contribution in [-0.4, -0.2) is 17.6 Å². The normalized spacial score (nSPS) is 17.5. The van der Waals surface area contributed by atoms with Crippen LogP contribution in [-0.2, 0) is 6.54 Å². The van der Waals surface area contributed by atoms with Crippen LogP contribution in [0.3, 0.4) is 0 Å². The van der Waals surface area contributed by atoms with Crippen LogP contribution in [0.15, 0.2) is 23.4 Å². The van der Waals surface area contributed by atoms with Crippen molar-refractivity contribution in [2.75, 3.05) is 6.54 Å². The van der Waals surface area contributed by atoms with E-state index in [-0.39, 0.29) is 5.84 Å². The molecule has 0 spiro atoms. The van der Waals surface area contributed by atoms with Gasteiger partial charge in [-0.05, 0) is 36.3 Å². The number of amidine groups is 1. The van der Waals surface area contributed by atoms with Gasteiger partial charge >= 0.3 is 0 Å². The van der Waals surface area contributed by atoms with Gasteiger partial charge in [-0.15, -0.1) is 0 Å². The molecule has 0 heterocycles. The van der Waals surface area contributed by atoms with Gasteiger partial charge in [0.25, 0.3) is 0 Å². The lowest BCUT2D eigenvalue weighted by molar-refractivity contribution is 0.318. The minimum absolute atomic E-state index is 0.0734. The Kier molecular flexibility index (Phi) is 4.32. The van der Waals surface area contributed by atoms with Crippen LogP contribution in [0.4, 0.5) is 0 Å². The second-order valence-electron chi connectivity index (χ2n) is 5.25. The van der Waals surface area contributed by atoms with Gasteiger partial charge in [0.1, 0.15) is 0 Å². The largest absolute Gasteiger partial charge is 0.409 e. The first kappa shape index (κ1) is 14.2. The average Bonchev–Trinajstić information content (AvgIpc) is 3.20. The Balaban J connectivity index is 1.94. The molecule has 1 aromatic carbocycles. The monoisotopic (exact) mass is 281 g/mol. The van der Waals surface area contributed by atoms with E-state index in [0.29, 0.717) is 16.0 Å². The maximum atomic E-state index is 8.62. The van der Waals surface area contributed by atoms with E-state index in [1.165, 1.54) is 19.3 Å². The summed E-state index contributed by atoms with van der Waals surface area (Å²) in [5.74, 6) is 0.0734. The number of halogens is 1. The van der Waals surface area contributed by atoms with Crippen LogP contribution in [0.1, 0.15) is 37.3 Å². The summed E-state index contributed by atoms with van der Waals surface area (Å²) in [4.78, 5) is 0. The summed E-state index contributed by atoms with van der Waals surface area (Å²) in [6.07, 6.45) is 3.88. The van der Waals surface area contributed by atoms with Crippen molar-refractivity contribution in [2.45, 2.75) is 32.7 Å². The SMILES string of the molecule is CCC1(CNCc2ccc(/C(N)=N/O)cc2Cl)CC1. The third kappa shape index (κ3) is 3.39. The molecule has 0 unspecified atom stereocenters. The van der Waals surface area contributed by atoms with Crippen molar-refractivity contribution in [3.63, 3.8) is 0 Å². The molecule has 19 heavy (non-hydrogen) atoms. The Labute approximate surface area is 118 Å². The molecule has 4 N–H and O–H groups in total. The molecule has 104 valence electrons. The molecule has 0 atom stereocenters. The van der Waals surface area contributed by atoms with Crippen molar-refractivity contribution < 1.29 is 5.21 Å². The first-order chi connectivity index (χ1) is 9.10. The molecule has 1 saturated carbocycles. The van der Waals surface area contributed by atoms with Crippen LogP contribution in [0.2, 0.25) is 5.02 Å². The topological polar surface area (TPSA) is 70.6 Å². The summed E-state index contributed by atoms with van der Waals surface area (Å²) in [6.45, 7) is 4.03. The van der Waals surface area contributed by atoms with Gasteiger partial charge in [-0.1, -0.05) is 35.8 Å². The van der Waals surface area contributed by atoms with Crippen molar-refractivity contribution >= 4 is 17.4 Å². The maximum Gasteiger partial charge on any atom is 0.170 e. The zero-order valence-corrected chi connectivity index (χ0v) is 11.9. The van der Waals surface area contributed by atoms with E-state index in [9.17, 15) is 0 Å². The zero-order valence-electron chi connectivity index (χ0n) is 11.1. The Hall–Kier alpha value is -1.26. The summed E-state index contributed by atoms with van der Waals surface area (Å²) >= 11 is 6.20. The van der Waals surface area contributed by atoms with Crippen molar-refractivity contribution in [2.24, 2.45) is 16.3 Å². The highest BCUT2D eigenvalue weighted by atomic mass is 35.5. The molecule has 1 aromatic rings. The molecule has 1 aliphatic rings. The molecule has 4 nitrogen and oxygen atoms in total. The standard InChI is InChI=1S/C14H20ClN3O/c1-2-14(5-6-14)9-17-8-11-4-3-10(7-12(11)15)13(16)18-19/h3-4,7,17,19H,2,5-6,8-9H2,1H3,(H2,16,18). The van der Waals surface area contributed by atoms with Crippen molar-refractivity contribution in [3.8, 4) is 0 Å². The highest BCUT2D eigenvalue weighted by Gasteiger charge is 2.39. The van der Waals surface area contributed by atoms with Gasteiger partial charge in [0.15, 0.2) is 5.84 Å². The highest BCUT2D eigenvalue weighted by molar-refractivity contribution is 6.31. The van der Waals surface area contributed by atoms with E-state index in [0.717, 1.165) is 18.7 Å². The first-order valence-electron chi connectivity index (χ1n) is 6.57. The van der Waals surface area contributed by atoms with E-state index >= 15 is 0 Å². The van der Waals surface area contributed by atoms with Crippen LogP contribution >= 0.6 is 11.6 Å². The summed E-state index contributed by atoms with van der Waals surface area (Å²) in [6, 6.07) is 5.44. The molecule has 2 rings (SSSR count). The second-order valence-corrected chi connectivity index (χ2v) is 5.66. The number of nitrogens with zero attached hydrogens (tertiary/aromatic N) is 1. The average molecular weight is 282 g/mol. The first-order valence-corrected chi connectivity index (χ1v) is 6.95. The van der Waals surface area contributed by atoms with Gasteiger partial charge in [-0.2, -0.15) is 0 Å². The van der Waals surface area contributed by atoms with E-state index in [4.69, 9.17) is 22.5 Å². The number of hydrogen-bond donors (Lipinski definition) is 3. The molecule has 0 aliphatic heterocycles. The molecule has 0 bridgehead atoms. The Morgan fingerprint density at radius 2 is 2.26 bits per heavy atom. The fraction of sp³-hybridized carbons (Fsp3) is 0.500. The Bertz CT molecular complexity index is 484. The molecule has 5 heteroatoms. The summed E-state index contributed by atoms with van der Waals surface area (Å²) < 4.78 is 0.